The first-order valence-electron chi connectivity index (χ1n) is 13.1. The Bertz CT molecular complexity index is 1130. The maximum Gasteiger partial charge on any atom is 0.246 e. The molecule has 5 rings (SSSR count). The number of hydrogen-bond acceptors (Lipinski definition) is 5. The summed E-state index contributed by atoms with van der Waals surface area (Å²) in [7, 11) is 0. The molecular formula is C29H38ClN3O4. The van der Waals surface area contributed by atoms with Crippen molar-refractivity contribution < 1.29 is 19.1 Å². The van der Waals surface area contributed by atoms with E-state index in [1.165, 1.54) is 0 Å². The number of piperazine rings is 1. The van der Waals surface area contributed by atoms with Crippen LogP contribution in [0.2, 0.25) is 0 Å². The third kappa shape index (κ3) is 5.73. The van der Waals surface area contributed by atoms with E-state index in [9.17, 15) is 9.59 Å². The fourth-order valence-electron chi connectivity index (χ4n) is 5.75. The molecule has 2 aromatic carbocycles. The third-order valence-corrected chi connectivity index (χ3v) is 7.64. The first kappa shape index (κ1) is 27.3. The summed E-state index contributed by atoms with van der Waals surface area (Å²) < 4.78 is 11.4. The SMILES string of the molecule is Cc1cccc(CN2C(=O)C(CC(C)C)NC(=O)C23CCN(Cc2ccc4c(c2)OCCO4)CC3)c1.Cl. The topological polar surface area (TPSA) is 71.1 Å². The van der Waals surface area contributed by atoms with Crippen molar-refractivity contribution in [3.05, 3.63) is 59.2 Å². The van der Waals surface area contributed by atoms with E-state index in [1.807, 2.05) is 17.0 Å². The third-order valence-electron chi connectivity index (χ3n) is 7.64. The van der Waals surface area contributed by atoms with Crippen LogP contribution in [0.25, 0.3) is 0 Å². The van der Waals surface area contributed by atoms with Gasteiger partial charge in [0.25, 0.3) is 0 Å². The number of carbonyl (C=O) groups excluding carboxylic acids is 2. The number of piperidine rings is 1. The standard InChI is InChI=1S/C29H37N3O4.ClH/c1-20(2)15-24-27(33)32(19-22-6-4-5-21(3)16-22)29(28(34)30-24)9-11-31(12-10-29)18-23-7-8-25-26(17-23)36-14-13-35-25;/h4-8,16-17,20,24H,9-15,18-19H2,1-3H3,(H,30,34);1H. The minimum atomic E-state index is -0.808. The molecule has 0 radical (unpaired) electrons. The number of fused-ring (bicyclic) bond motifs is 1. The number of amides is 2. The number of hydrogen-bond donors (Lipinski definition) is 1. The zero-order valence-corrected chi connectivity index (χ0v) is 22.8. The molecule has 7 nitrogen and oxygen atoms in total. The molecule has 0 bridgehead atoms. The Balaban J connectivity index is 0.00000320. The van der Waals surface area contributed by atoms with E-state index in [0.29, 0.717) is 44.9 Å². The van der Waals surface area contributed by atoms with Gasteiger partial charge in [0.15, 0.2) is 11.5 Å². The van der Waals surface area contributed by atoms with Crippen molar-refractivity contribution in [2.24, 2.45) is 5.92 Å². The largest absolute Gasteiger partial charge is 0.486 e. The van der Waals surface area contributed by atoms with E-state index in [2.05, 4.69) is 61.3 Å². The fraction of sp³-hybridized carbons (Fsp3) is 0.517. The van der Waals surface area contributed by atoms with Crippen molar-refractivity contribution in [2.75, 3.05) is 26.3 Å². The number of nitrogens with one attached hydrogen (secondary N) is 1. The van der Waals surface area contributed by atoms with Crippen LogP contribution in [-0.2, 0) is 22.7 Å². The molecule has 2 aromatic rings. The van der Waals surface area contributed by atoms with Crippen LogP contribution in [0.4, 0.5) is 0 Å². The number of nitrogens with zero attached hydrogens (tertiary/aromatic N) is 2. The predicted molar refractivity (Wildman–Crippen MR) is 145 cm³/mol. The van der Waals surface area contributed by atoms with Gasteiger partial charge in [-0.05, 0) is 55.4 Å². The Labute approximate surface area is 225 Å². The van der Waals surface area contributed by atoms with Crippen molar-refractivity contribution in [2.45, 2.75) is 64.7 Å². The van der Waals surface area contributed by atoms with Crippen molar-refractivity contribution >= 4 is 24.2 Å². The quantitative estimate of drug-likeness (QED) is 0.612. The molecule has 1 N–H and O–H groups in total. The van der Waals surface area contributed by atoms with Crippen LogP contribution in [0.15, 0.2) is 42.5 Å². The maximum absolute atomic E-state index is 13.8. The molecule has 0 aliphatic carbocycles. The number of benzene rings is 2. The first-order valence-corrected chi connectivity index (χ1v) is 13.1. The van der Waals surface area contributed by atoms with Crippen molar-refractivity contribution in [1.82, 2.24) is 15.1 Å². The van der Waals surface area contributed by atoms with E-state index < -0.39 is 11.6 Å². The molecule has 2 fully saturated rings. The molecule has 0 aromatic heterocycles. The Morgan fingerprint density at radius 2 is 1.68 bits per heavy atom. The van der Waals surface area contributed by atoms with Gasteiger partial charge in [-0.3, -0.25) is 14.5 Å². The second-order valence-electron chi connectivity index (χ2n) is 10.9. The second-order valence-corrected chi connectivity index (χ2v) is 10.9. The normalized spacial score (nSPS) is 21.1. The molecule has 200 valence electrons. The molecular weight excluding hydrogens is 490 g/mol. The minimum Gasteiger partial charge on any atom is -0.486 e. The lowest BCUT2D eigenvalue weighted by molar-refractivity contribution is -0.162. The number of carbonyl (C=O) groups is 2. The number of halogens is 1. The molecule has 3 aliphatic heterocycles. The lowest BCUT2D eigenvalue weighted by Gasteiger charge is -2.52. The van der Waals surface area contributed by atoms with E-state index in [-0.39, 0.29) is 24.2 Å². The summed E-state index contributed by atoms with van der Waals surface area (Å²) in [6.45, 7) is 10.1. The minimum absolute atomic E-state index is 0. The van der Waals surface area contributed by atoms with Gasteiger partial charge in [0.2, 0.25) is 11.8 Å². The summed E-state index contributed by atoms with van der Waals surface area (Å²) in [5.74, 6) is 1.96. The van der Waals surface area contributed by atoms with Gasteiger partial charge in [0.05, 0.1) is 0 Å². The Hall–Kier alpha value is -2.77. The van der Waals surface area contributed by atoms with Gasteiger partial charge in [-0.2, -0.15) is 0 Å². The molecule has 1 atom stereocenters. The van der Waals surface area contributed by atoms with Crippen molar-refractivity contribution in [1.29, 1.82) is 0 Å². The summed E-state index contributed by atoms with van der Waals surface area (Å²) in [6, 6.07) is 13.9. The molecule has 1 unspecified atom stereocenters. The first-order chi connectivity index (χ1) is 17.3. The zero-order chi connectivity index (χ0) is 25.3. The maximum atomic E-state index is 13.8. The monoisotopic (exact) mass is 527 g/mol. The van der Waals surface area contributed by atoms with Gasteiger partial charge in [0.1, 0.15) is 24.8 Å². The van der Waals surface area contributed by atoms with Gasteiger partial charge in [-0.15, -0.1) is 12.4 Å². The van der Waals surface area contributed by atoms with E-state index >= 15 is 0 Å². The molecule has 37 heavy (non-hydrogen) atoms. The lowest BCUT2D eigenvalue weighted by atomic mass is 9.80. The van der Waals surface area contributed by atoms with Gasteiger partial charge in [-0.1, -0.05) is 49.7 Å². The highest BCUT2D eigenvalue weighted by atomic mass is 35.5. The van der Waals surface area contributed by atoms with Gasteiger partial charge >= 0.3 is 0 Å². The number of rotatable bonds is 6. The number of ether oxygens (including phenoxy) is 2. The molecule has 3 heterocycles. The molecule has 3 aliphatic rings. The Kier molecular flexibility index (Phi) is 8.34. The molecule has 1 spiro atoms. The number of aryl methyl sites for hydroxylation is 1. The van der Waals surface area contributed by atoms with Crippen molar-refractivity contribution in [3.63, 3.8) is 0 Å². The van der Waals surface area contributed by atoms with Crippen LogP contribution in [0.5, 0.6) is 11.5 Å². The van der Waals surface area contributed by atoms with E-state index in [0.717, 1.165) is 47.8 Å². The molecule has 8 heteroatoms. The highest BCUT2D eigenvalue weighted by Crippen LogP contribution is 2.36. The smallest absolute Gasteiger partial charge is 0.246 e. The summed E-state index contributed by atoms with van der Waals surface area (Å²) in [6.07, 6.45) is 1.89. The van der Waals surface area contributed by atoms with Gasteiger partial charge in [0, 0.05) is 26.2 Å². The Morgan fingerprint density at radius 3 is 2.38 bits per heavy atom. The summed E-state index contributed by atoms with van der Waals surface area (Å²) in [5.41, 5.74) is 2.58. The van der Waals surface area contributed by atoms with Gasteiger partial charge in [-0.25, -0.2) is 0 Å². The zero-order valence-electron chi connectivity index (χ0n) is 22.0. The highest BCUT2D eigenvalue weighted by molar-refractivity contribution is 6.00. The van der Waals surface area contributed by atoms with E-state index in [4.69, 9.17) is 9.47 Å². The van der Waals surface area contributed by atoms with Crippen LogP contribution in [-0.4, -0.2) is 59.5 Å². The van der Waals surface area contributed by atoms with Gasteiger partial charge < -0.3 is 19.7 Å². The lowest BCUT2D eigenvalue weighted by Crippen LogP contribution is -2.72. The molecule has 2 saturated heterocycles. The van der Waals surface area contributed by atoms with Crippen LogP contribution < -0.4 is 14.8 Å². The average Bonchev–Trinajstić information content (AvgIpc) is 2.86. The van der Waals surface area contributed by atoms with Crippen LogP contribution in [0.1, 0.15) is 49.8 Å². The van der Waals surface area contributed by atoms with Crippen LogP contribution in [0.3, 0.4) is 0 Å². The van der Waals surface area contributed by atoms with Crippen molar-refractivity contribution in [3.8, 4) is 11.5 Å². The van der Waals surface area contributed by atoms with E-state index in [1.54, 1.807) is 0 Å². The fourth-order valence-corrected chi connectivity index (χ4v) is 5.75. The van der Waals surface area contributed by atoms with Crippen LogP contribution in [0, 0.1) is 12.8 Å². The summed E-state index contributed by atoms with van der Waals surface area (Å²) in [5, 5.41) is 3.10. The average molecular weight is 528 g/mol. The second kappa shape index (κ2) is 11.3. The van der Waals surface area contributed by atoms with Crippen LogP contribution >= 0.6 is 12.4 Å². The molecule has 0 saturated carbocycles. The Morgan fingerprint density at radius 1 is 0.973 bits per heavy atom. The summed E-state index contributed by atoms with van der Waals surface area (Å²) >= 11 is 0. The number of likely N-dealkylation sites (tertiary alicyclic amines) is 1. The summed E-state index contributed by atoms with van der Waals surface area (Å²) in [4.78, 5) is 31.7. The highest BCUT2D eigenvalue weighted by Gasteiger charge is 2.53. The molecule has 2 amide bonds. The predicted octanol–water partition coefficient (Wildman–Crippen LogP) is 4.10.